The Labute approximate surface area is 141 Å². The molecule has 4 aliphatic heterocycles. The largest absolute Gasteiger partial charge is 0.352 e. The number of hydrogen-bond acceptors (Lipinski definition) is 4. The quantitative estimate of drug-likeness (QED) is 0.775. The molecule has 0 aromatic carbocycles. The lowest BCUT2D eigenvalue weighted by Crippen LogP contribution is -2.35. The topological polar surface area (TPSA) is 36.9 Å². The van der Waals surface area contributed by atoms with Crippen LogP contribution in [0.5, 0.6) is 0 Å². The van der Waals surface area contributed by atoms with Crippen molar-refractivity contribution in [2.75, 3.05) is 26.4 Å². The normalized spacial score (nSPS) is 42.5. The molecule has 0 radical (unpaired) electrons. The molecule has 4 rings (SSSR count). The molecule has 4 heterocycles. The van der Waals surface area contributed by atoms with Gasteiger partial charge in [-0.15, -0.1) is 0 Å². The zero-order valence-electron chi connectivity index (χ0n) is 15.2. The fourth-order valence-electron chi connectivity index (χ4n) is 4.71. The molecule has 6 atom stereocenters. The van der Waals surface area contributed by atoms with Crippen LogP contribution in [0.4, 0.5) is 0 Å². The first kappa shape index (κ1) is 17.7. The van der Waals surface area contributed by atoms with E-state index in [-0.39, 0.29) is 12.6 Å². The second kappa shape index (κ2) is 7.81. The van der Waals surface area contributed by atoms with Crippen molar-refractivity contribution in [3.8, 4) is 0 Å². The lowest BCUT2D eigenvalue weighted by molar-refractivity contribution is -0.171. The highest BCUT2D eigenvalue weighted by atomic mass is 16.7. The van der Waals surface area contributed by atoms with Gasteiger partial charge in [-0.2, -0.15) is 0 Å². The van der Waals surface area contributed by atoms with Crippen LogP contribution in [-0.4, -0.2) is 39.0 Å². The summed E-state index contributed by atoms with van der Waals surface area (Å²) in [4.78, 5) is 0. The fraction of sp³-hybridized carbons (Fsp3) is 1.00. The van der Waals surface area contributed by atoms with Gasteiger partial charge in [-0.3, -0.25) is 0 Å². The average Bonchev–Trinajstić information content (AvgIpc) is 3.22. The summed E-state index contributed by atoms with van der Waals surface area (Å²) < 4.78 is 22.0. The van der Waals surface area contributed by atoms with E-state index < -0.39 is 0 Å². The van der Waals surface area contributed by atoms with Crippen molar-refractivity contribution in [2.24, 2.45) is 35.5 Å². The molecule has 4 saturated heterocycles. The molecule has 0 aliphatic carbocycles. The van der Waals surface area contributed by atoms with E-state index in [4.69, 9.17) is 18.9 Å². The van der Waals surface area contributed by atoms with Crippen LogP contribution in [0, 0.1) is 35.5 Å². The molecule has 0 spiro atoms. The maximum Gasteiger partial charge on any atom is 0.160 e. The van der Waals surface area contributed by atoms with Gasteiger partial charge in [0.2, 0.25) is 0 Å². The summed E-state index contributed by atoms with van der Waals surface area (Å²) in [5.41, 5.74) is 0. The van der Waals surface area contributed by atoms with Crippen LogP contribution >= 0.6 is 0 Å². The van der Waals surface area contributed by atoms with Crippen molar-refractivity contribution in [3.05, 3.63) is 0 Å². The molecule has 0 bridgehead atoms. The summed E-state index contributed by atoms with van der Waals surface area (Å²) in [6.07, 6.45) is 3.90. The Morgan fingerprint density at radius 1 is 0.609 bits per heavy atom. The summed E-state index contributed by atoms with van der Waals surface area (Å²) in [5.74, 6) is 4.46. The highest BCUT2D eigenvalue weighted by Gasteiger charge is 2.42. The van der Waals surface area contributed by atoms with Gasteiger partial charge in [-0.05, 0) is 42.9 Å². The number of ether oxygens (including phenoxy) is 4. The second-order valence-corrected chi connectivity index (χ2v) is 8.19. The van der Waals surface area contributed by atoms with E-state index in [2.05, 4.69) is 27.7 Å². The summed E-state index contributed by atoms with van der Waals surface area (Å²) in [5, 5.41) is 0. The Hall–Kier alpha value is -0.160. The van der Waals surface area contributed by atoms with Crippen molar-refractivity contribution in [3.63, 3.8) is 0 Å². The van der Waals surface area contributed by atoms with Crippen molar-refractivity contribution in [1.29, 1.82) is 0 Å². The van der Waals surface area contributed by atoms with Crippen LogP contribution < -0.4 is 0 Å². The summed E-state index contributed by atoms with van der Waals surface area (Å²) in [7, 11) is 0. The monoisotopic (exact) mass is 326 g/mol. The Kier molecular flexibility index (Phi) is 6.00. The van der Waals surface area contributed by atoms with Crippen molar-refractivity contribution in [2.45, 2.75) is 59.5 Å². The lowest BCUT2D eigenvalue weighted by Gasteiger charge is -2.35. The molecule has 0 amide bonds. The molecular formula is C19H34O4. The first-order chi connectivity index (χ1) is 11.1. The van der Waals surface area contributed by atoms with Gasteiger partial charge >= 0.3 is 0 Å². The molecule has 23 heavy (non-hydrogen) atoms. The zero-order valence-corrected chi connectivity index (χ0v) is 15.2. The number of hydrogen-bond donors (Lipinski definition) is 0. The lowest BCUT2D eigenvalue weighted by atomic mass is 9.79. The third-order valence-electron chi connectivity index (χ3n) is 6.16. The van der Waals surface area contributed by atoms with E-state index in [0.29, 0.717) is 11.8 Å². The Balaban J connectivity index is 0.000000136. The fourth-order valence-corrected chi connectivity index (χ4v) is 4.71. The minimum atomic E-state index is 0.131. The summed E-state index contributed by atoms with van der Waals surface area (Å²) in [6, 6.07) is 0. The van der Waals surface area contributed by atoms with E-state index in [1.165, 1.54) is 19.3 Å². The highest BCUT2D eigenvalue weighted by Crippen LogP contribution is 2.39. The Morgan fingerprint density at radius 2 is 1.09 bits per heavy atom. The third kappa shape index (κ3) is 3.92. The van der Waals surface area contributed by atoms with Gasteiger partial charge < -0.3 is 18.9 Å². The highest BCUT2D eigenvalue weighted by molar-refractivity contribution is 4.84. The van der Waals surface area contributed by atoms with Crippen molar-refractivity contribution in [1.82, 2.24) is 0 Å². The Morgan fingerprint density at radius 3 is 1.65 bits per heavy atom. The van der Waals surface area contributed by atoms with Crippen LogP contribution in [0.25, 0.3) is 0 Å². The second-order valence-electron chi connectivity index (χ2n) is 8.19. The van der Waals surface area contributed by atoms with Gasteiger partial charge in [0.05, 0.1) is 26.4 Å². The van der Waals surface area contributed by atoms with Crippen LogP contribution in [-0.2, 0) is 18.9 Å². The van der Waals surface area contributed by atoms with Gasteiger partial charge in [0.25, 0.3) is 0 Å². The zero-order chi connectivity index (χ0) is 16.4. The minimum absolute atomic E-state index is 0.131. The van der Waals surface area contributed by atoms with Crippen LogP contribution in [0.2, 0.25) is 0 Å². The minimum Gasteiger partial charge on any atom is -0.352 e. The average molecular weight is 326 g/mol. The number of rotatable bonds is 2. The van der Waals surface area contributed by atoms with E-state index >= 15 is 0 Å². The van der Waals surface area contributed by atoms with Crippen LogP contribution in [0.1, 0.15) is 47.0 Å². The van der Waals surface area contributed by atoms with Gasteiger partial charge in [-0.25, -0.2) is 0 Å². The maximum absolute atomic E-state index is 5.56. The molecule has 4 heteroatoms. The third-order valence-corrected chi connectivity index (χ3v) is 6.16. The molecule has 4 fully saturated rings. The van der Waals surface area contributed by atoms with Gasteiger partial charge in [0.15, 0.2) is 12.6 Å². The first-order valence-corrected chi connectivity index (χ1v) is 9.54. The van der Waals surface area contributed by atoms with E-state index in [9.17, 15) is 0 Å². The molecule has 0 saturated carbocycles. The van der Waals surface area contributed by atoms with Crippen LogP contribution in [0.3, 0.4) is 0 Å². The van der Waals surface area contributed by atoms with Crippen LogP contribution in [0.15, 0.2) is 0 Å². The molecule has 6 unspecified atom stereocenters. The maximum atomic E-state index is 5.56. The SMILES string of the molecule is CC(C)C1CCOC2OCCC21.CC(C)C1COC2OCCC21. The summed E-state index contributed by atoms with van der Waals surface area (Å²) >= 11 is 0. The molecule has 4 aliphatic rings. The first-order valence-electron chi connectivity index (χ1n) is 9.54. The van der Waals surface area contributed by atoms with Gasteiger partial charge in [0, 0.05) is 11.8 Å². The molecule has 0 aromatic rings. The summed E-state index contributed by atoms with van der Waals surface area (Å²) in [6.45, 7) is 12.8. The standard InChI is InChI=1S/C10H18O2.C9H16O2/c1-7(2)8-3-5-11-10-9(8)4-6-12-10;1-6(2)8-5-11-9-7(8)3-4-10-9/h7-10H,3-6H2,1-2H3;6-9H,3-5H2,1-2H3. The molecule has 4 nitrogen and oxygen atoms in total. The van der Waals surface area contributed by atoms with Gasteiger partial charge in [0.1, 0.15) is 0 Å². The van der Waals surface area contributed by atoms with E-state index in [1.54, 1.807) is 0 Å². The van der Waals surface area contributed by atoms with E-state index in [1.807, 2.05) is 0 Å². The smallest absolute Gasteiger partial charge is 0.160 e. The Bertz CT molecular complexity index is 370. The molecule has 0 N–H and O–H groups in total. The predicted octanol–water partition coefficient (Wildman–Crippen LogP) is 3.69. The van der Waals surface area contributed by atoms with Crippen molar-refractivity contribution >= 4 is 0 Å². The number of fused-ring (bicyclic) bond motifs is 2. The molecule has 134 valence electrons. The van der Waals surface area contributed by atoms with E-state index in [0.717, 1.165) is 50.1 Å². The van der Waals surface area contributed by atoms with Gasteiger partial charge in [-0.1, -0.05) is 27.7 Å². The van der Waals surface area contributed by atoms with Crippen molar-refractivity contribution < 1.29 is 18.9 Å². The predicted molar refractivity (Wildman–Crippen MR) is 88.9 cm³/mol. The molecule has 0 aromatic heterocycles. The molecular weight excluding hydrogens is 292 g/mol.